The van der Waals surface area contributed by atoms with Crippen molar-refractivity contribution >= 4 is 97.6 Å². The molecule has 0 aliphatic carbocycles. The highest BCUT2D eigenvalue weighted by atomic mass is 32.1. The molecule has 12 aromatic rings. The van der Waals surface area contributed by atoms with Crippen LogP contribution in [0.4, 0.5) is 0 Å². The van der Waals surface area contributed by atoms with E-state index in [0.717, 1.165) is 0 Å². The highest BCUT2D eigenvalue weighted by Gasteiger charge is 2.25. The Labute approximate surface area is 248 Å². The van der Waals surface area contributed by atoms with Gasteiger partial charge in [0.15, 0.2) is 0 Å². The van der Waals surface area contributed by atoms with Crippen LogP contribution >= 0.6 is 11.3 Å². The van der Waals surface area contributed by atoms with Crippen LogP contribution in [0.3, 0.4) is 0 Å². The van der Waals surface area contributed by atoms with Crippen LogP contribution in [-0.4, -0.2) is 8.80 Å². The number of rotatable bonds is 2. The third kappa shape index (κ3) is 2.32. The molecule has 2 nitrogen and oxygen atoms in total. The molecule has 12 rings (SSSR count). The summed E-state index contributed by atoms with van der Waals surface area (Å²) in [7, 11) is 0. The minimum absolute atomic E-state index is 1.27. The van der Waals surface area contributed by atoms with E-state index in [4.69, 9.17) is 0 Å². The number of hydrogen-bond acceptors (Lipinski definition) is 1. The molecule has 0 saturated heterocycles. The Hall–Kier alpha value is -5.38. The number of benzene rings is 6. The molecule has 0 bridgehead atoms. The Morgan fingerprint density at radius 1 is 0.349 bits per heavy atom. The van der Waals surface area contributed by atoms with Crippen molar-refractivity contribution in [3.8, 4) is 21.6 Å². The van der Waals surface area contributed by atoms with Crippen molar-refractivity contribution in [3.05, 3.63) is 121 Å². The number of fused-ring (bicyclic) bond motifs is 9. The van der Waals surface area contributed by atoms with Gasteiger partial charge in [-0.2, -0.15) is 0 Å². The Kier molecular flexibility index (Phi) is 3.46. The second kappa shape index (κ2) is 6.97. The molecule has 196 valence electrons. The maximum absolute atomic E-state index is 2.52. The first kappa shape index (κ1) is 21.3. The van der Waals surface area contributed by atoms with E-state index in [-0.39, 0.29) is 0 Å². The minimum Gasteiger partial charge on any atom is -0.307 e. The van der Waals surface area contributed by atoms with Crippen LogP contribution in [0.5, 0.6) is 0 Å². The van der Waals surface area contributed by atoms with E-state index in [1.807, 2.05) is 11.3 Å². The average Bonchev–Trinajstić information content (AvgIpc) is 3.89. The Morgan fingerprint density at radius 3 is 1.56 bits per heavy atom. The zero-order chi connectivity index (χ0) is 27.6. The van der Waals surface area contributed by atoms with Crippen LogP contribution in [0.15, 0.2) is 121 Å². The zero-order valence-electron chi connectivity index (χ0n) is 22.8. The quantitative estimate of drug-likeness (QED) is 0.199. The molecule has 0 N–H and O–H groups in total. The molecular formula is C40H20N2S. The van der Waals surface area contributed by atoms with Crippen molar-refractivity contribution in [1.82, 2.24) is 8.80 Å². The number of para-hydroxylation sites is 3. The smallest absolute Gasteiger partial charge is 0.109 e. The molecule has 0 unspecified atom stereocenters. The maximum atomic E-state index is 2.52. The van der Waals surface area contributed by atoms with Gasteiger partial charge in [0, 0.05) is 58.7 Å². The summed E-state index contributed by atoms with van der Waals surface area (Å²) in [5, 5.41) is 13.5. The second-order valence-corrected chi connectivity index (χ2v) is 13.2. The summed E-state index contributed by atoms with van der Waals surface area (Å²) < 4.78 is 5.03. The van der Waals surface area contributed by atoms with Gasteiger partial charge in [0.05, 0.1) is 27.6 Å². The summed E-state index contributed by atoms with van der Waals surface area (Å²) in [6.45, 7) is 0. The highest BCUT2D eigenvalue weighted by molar-refractivity contribution is 7.22. The number of hydrogen-bond donors (Lipinski definition) is 0. The lowest BCUT2D eigenvalue weighted by atomic mass is 9.98. The Bertz CT molecular complexity index is 2950. The average molecular weight is 561 g/mol. The van der Waals surface area contributed by atoms with Gasteiger partial charge in [-0.1, -0.05) is 91.0 Å². The van der Waals surface area contributed by atoms with Crippen LogP contribution in [-0.2, 0) is 0 Å². The predicted molar refractivity (Wildman–Crippen MR) is 184 cm³/mol. The third-order valence-corrected chi connectivity index (χ3v) is 11.3. The summed E-state index contributed by atoms with van der Waals surface area (Å²) in [5.74, 6) is 0. The fourth-order valence-electron chi connectivity index (χ4n) is 8.39. The van der Waals surface area contributed by atoms with Crippen LogP contribution in [0.25, 0.3) is 108 Å². The molecule has 43 heavy (non-hydrogen) atoms. The summed E-state index contributed by atoms with van der Waals surface area (Å²) in [5.41, 5.74) is 10.6. The minimum atomic E-state index is 1.27. The first-order chi connectivity index (χ1) is 21.3. The molecule has 6 aromatic carbocycles. The van der Waals surface area contributed by atoms with Crippen LogP contribution < -0.4 is 0 Å². The van der Waals surface area contributed by atoms with Gasteiger partial charge >= 0.3 is 0 Å². The van der Waals surface area contributed by atoms with Crippen LogP contribution in [0.1, 0.15) is 0 Å². The highest BCUT2D eigenvalue weighted by Crippen LogP contribution is 2.49. The van der Waals surface area contributed by atoms with Gasteiger partial charge in [0.2, 0.25) is 0 Å². The fraction of sp³-hybridized carbons (Fsp3) is 0. The molecular weight excluding hydrogens is 541 g/mol. The normalized spacial score (nSPS) is 13.1. The van der Waals surface area contributed by atoms with E-state index in [1.165, 1.54) is 108 Å². The number of nitrogens with zero attached hydrogens (tertiary/aromatic N) is 2. The lowest BCUT2D eigenvalue weighted by Gasteiger charge is -2.05. The van der Waals surface area contributed by atoms with E-state index in [0.29, 0.717) is 0 Å². The summed E-state index contributed by atoms with van der Waals surface area (Å²) in [6.07, 6.45) is 0. The van der Waals surface area contributed by atoms with E-state index >= 15 is 0 Å². The first-order valence-corrected chi connectivity index (χ1v) is 15.7. The van der Waals surface area contributed by atoms with Crippen LogP contribution in [0.2, 0.25) is 0 Å². The van der Waals surface area contributed by atoms with Gasteiger partial charge in [-0.3, -0.25) is 4.40 Å². The van der Waals surface area contributed by atoms with E-state index in [9.17, 15) is 0 Å². The third-order valence-electron chi connectivity index (χ3n) is 10.1. The van der Waals surface area contributed by atoms with Crippen molar-refractivity contribution in [2.45, 2.75) is 0 Å². The fourth-order valence-corrected chi connectivity index (χ4v) is 9.59. The number of thiophene rings is 1. The molecule has 0 amide bonds. The van der Waals surface area contributed by atoms with Gasteiger partial charge in [-0.05, 0) is 47.0 Å². The molecule has 0 radical (unpaired) electrons. The summed E-state index contributed by atoms with van der Waals surface area (Å²) >= 11 is 1.90. The molecule has 3 heteroatoms. The molecule has 0 fully saturated rings. The topological polar surface area (TPSA) is 8.82 Å². The number of aromatic nitrogens is 2. The Balaban J connectivity index is 1.16. The van der Waals surface area contributed by atoms with Gasteiger partial charge in [-0.25, -0.2) is 0 Å². The van der Waals surface area contributed by atoms with E-state index < -0.39 is 0 Å². The van der Waals surface area contributed by atoms with E-state index in [1.54, 1.807) is 0 Å². The predicted octanol–water partition coefficient (Wildman–Crippen LogP) is 11.4. The molecule has 6 heterocycles. The first-order valence-electron chi connectivity index (χ1n) is 14.9. The standard InChI is InChI=1S/C40H20N2S/c1-2-7-21(8-3-1)35-20-33-29-14-6-11-26-30-17-22(15-16-34(30)41(36(26)29)40(33)43-35)23-18-31-27-12-4-9-24-25-10-5-13-28-32(19-23)39(31)42(37(24)27)38(25)28/h1-20H. The van der Waals surface area contributed by atoms with Crippen molar-refractivity contribution < 1.29 is 0 Å². The monoisotopic (exact) mass is 560 g/mol. The van der Waals surface area contributed by atoms with Crippen molar-refractivity contribution in [2.24, 2.45) is 0 Å². The maximum Gasteiger partial charge on any atom is 0.109 e. The van der Waals surface area contributed by atoms with Crippen molar-refractivity contribution in [3.63, 3.8) is 0 Å². The van der Waals surface area contributed by atoms with Gasteiger partial charge in [-0.15, -0.1) is 11.3 Å². The van der Waals surface area contributed by atoms with E-state index in [2.05, 4.69) is 130 Å². The summed E-state index contributed by atoms with van der Waals surface area (Å²) in [4.78, 5) is 2.65. The molecule has 0 spiro atoms. The molecule has 0 atom stereocenters. The molecule has 6 aromatic heterocycles. The molecule has 0 aliphatic heterocycles. The van der Waals surface area contributed by atoms with Crippen molar-refractivity contribution in [1.29, 1.82) is 0 Å². The Morgan fingerprint density at radius 2 is 0.884 bits per heavy atom. The van der Waals surface area contributed by atoms with Gasteiger partial charge in [0.25, 0.3) is 0 Å². The van der Waals surface area contributed by atoms with Gasteiger partial charge in [0.1, 0.15) is 4.83 Å². The van der Waals surface area contributed by atoms with Gasteiger partial charge < -0.3 is 4.40 Å². The zero-order valence-corrected chi connectivity index (χ0v) is 23.7. The lowest BCUT2D eigenvalue weighted by molar-refractivity contribution is 1.39. The second-order valence-electron chi connectivity index (χ2n) is 12.1. The molecule has 0 saturated carbocycles. The van der Waals surface area contributed by atoms with Crippen molar-refractivity contribution in [2.75, 3.05) is 0 Å². The largest absolute Gasteiger partial charge is 0.307 e. The van der Waals surface area contributed by atoms with Crippen LogP contribution in [0, 0.1) is 0 Å². The summed E-state index contributed by atoms with van der Waals surface area (Å²) in [6, 6.07) is 45.5. The SMILES string of the molecule is c1ccc(-c2cc3c4cccc5c6cc(-c7cc8c9cccc%10c%11cccc%12c(c7)c8n(c%109)c%11%12)ccc6n(c3s2)c54)cc1. The lowest BCUT2D eigenvalue weighted by Crippen LogP contribution is -1.82. The molecule has 0 aliphatic rings.